The van der Waals surface area contributed by atoms with E-state index in [4.69, 9.17) is 0 Å². The second-order valence-corrected chi connectivity index (χ2v) is 5.77. The van der Waals surface area contributed by atoms with Crippen LogP contribution in [-0.4, -0.2) is 11.3 Å². The molecule has 0 fully saturated rings. The van der Waals surface area contributed by atoms with Crippen molar-refractivity contribution in [2.45, 2.75) is 0 Å². The summed E-state index contributed by atoms with van der Waals surface area (Å²) in [6.45, 7) is 0. The lowest BCUT2D eigenvalue weighted by Gasteiger charge is -2.08. The number of aromatic hydroxyl groups is 1. The fraction of sp³-hybridized carbons (Fsp3) is 0. The van der Waals surface area contributed by atoms with Crippen molar-refractivity contribution in [3.63, 3.8) is 0 Å². The number of rotatable bonds is 3. The Morgan fingerprint density at radius 3 is 2.18 bits per heavy atom. The van der Waals surface area contributed by atoms with E-state index in [0.717, 1.165) is 21.3 Å². The van der Waals surface area contributed by atoms with Gasteiger partial charge >= 0.3 is 0 Å². The van der Waals surface area contributed by atoms with E-state index in [1.165, 1.54) is 0 Å². The molecule has 0 heterocycles. The van der Waals surface area contributed by atoms with Crippen LogP contribution < -0.4 is 0 Å². The van der Waals surface area contributed by atoms with Crippen LogP contribution in [0.4, 0.5) is 5.69 Å². The summed E-state index contributed by atoms with van der Waals surface area (Å²) >= 11 is 3.50. The van der Waals surface area contributed by atoms with Gasteiger partial charge in [0.25, 0.3) is 0 Å². The summed E-state index contributed by atoms with van der Waals surface area (Å²) in [7, 11) is 0. The number of benzene rings is 3. The smallest absolute Gasteiger partial charge is 0.132 e. The molecule has 0 saturated carbocycles. The minimum absolute atomic E-state index is 0.231. The van der Waals surface area contributed by atoms with Crippen LogP contribution in [-0.2, 0) is 0 Å². The Balaban J connectivity index is 2.02. The molecule has 3 aromatic carbocycles. The van der Waals surface area contributed by atoms with Gasteiger partial charge in [-0.2, -0.15) is 0 Å². The highest BCUT2D eigenvalue weighted by Gasteiger charge is 2.09. The van der Waals surface area contributed by atoms with Crippen molar-refractivity contribution < 1.29 is 5.11 Å². The zero-order valence-electron chi connectivity index (χ0n) is 11.8. The summed E-state index contributed by atoms with van der Waals surface area (Å²) in [5.41, 5.74) is 3.28. The van der Waals surface area contributed by atoms with Gasteiger partial charge in [-0.25, -0.2) is 0 Å². The third-order valence-electron chi connectivity index (χ3n) is 3.30. The standard InChI is InChI=1S/C19H14BrNO/c20-16-11-15(13-21-17-9-5-2-6-10-17)19(22)18(12-16)14-7-3-1-4-8-14/h1-13,22H. The Hall–Kier alpha value is -2.39. The number of phenolic OH excluding ortho intramolecular Hbond substituents is 1. The van der Waals surface area contributed by atoms with Gasteiger partial charge in [-0.1, -0.05) is 64.5 Å². The summed E-state index contributed by atoms with van der Waals surface area (Å²) in [5.74, 6) is 0.231. The van der Waals surface area contributed by atoms with Crippen molar-refractivity contribution >= 4 is 27.8 Å². The maximum atomic E-state index is 10.5. The predicted octanol–water partition coefficient (Wildman–Crippen LogP) is 5.57. The van der Waals surface area contributed by atoms with Gasteiger partial charge in [-0.05, 0) is 29.8 Å². The van der Waals surface area contributed by atoms with Crippen LogP contribution in [0.1, 0.15) is 5.56 Å². The lowest BCUT2D eigenvalue weighted by molar-refractivity contribution is 0.476. The van der Waals surface area contributed by atoms with Crippen LogP contribution in [0.5, 0.6) is 5.75 Å². The first-order chi connectivity index (χ1) is 10.7. The molecule has 0 saturated heterocycles. The molecular formula is C19H14BrNO. The molecule has 0 aliphatic heterocycles. The van der Waals surface area contributed by atoms with Gasteiger partial charge in [0, 0.05) is 21.8 Å². The highest BCUT2D eigenvalue weighted by atomic mass is 79.9. The van der Waals surface area contributed by atoms with Crippen LogP contribution in [0.2, 0.25) is 0 Å². The van der Waals surface area contributed by atoms with Crippen molar-refractivity contribution in [2.75, 3.05) is 0 Å². The van der Waals surface area contributed by atoms with Gasteiger partial charge in [0.15, 0.2) is 0 Å². The van der Waals surface area contributed by atoms with Crippen LogP contribution >= 0.6 is 15.9 Å². The number of nitrogens with zero attached hydrogens (tertiary/aromatic N) is 1. The van der Waals surface area contributed by atoms with Crippen LogP contribution in [0.15, 0.2) is 82.3 Å². The molecule has 0 amide bonds. The van der Waals surface area contributed by atoms with Gasteiger partial charge in [-0.15, -0.1) is 0 Å². The quantitative estimate of drug-likeness (QED) is 0.614. The molecular weight excluding hydrogens is 338 g/mol. The molecule has 108 valence electrons. The molecule has 0 radical (unpaired) electrons. The normalized spacial score (nSPS) is 11.0. The number of phenols is 1. The SMILES string of the molecule is Oc1c(C=Nc2ccccc2)cc(Br)cc1-c1ccccc1. The molecule has 0 spiro atoms. The number of hydrogen-bond acceptors (Lipinski definition) is 2. The highest BCUT2D eigenvalue weighted by Crippen LogP contribution is 2.34. The molecule has 0 atom stereocenters. The summed E-state index contributed by atoms with van der Waals surface area (Å²) in [5, 5.41) is 10.5. The number of hydrogen-bond donors (Lipinski definition) is 1. The summed E-state index contributed by atoms with van der Waals surface area (Å²) in [4.78, 5) is 4.41. The average Bonchev–Trinajstić information content (AvgIpc) is 2.57. The Morgan fingerprint density at radius 1 is 0.864 bits per heavy atom. The molecule has 0 bridgehead atoms. The van der Waals surface area contributed by atoms with E-state index in [1.54, 1.807) is 6.21 Å². The van der Waals surface area contributed by atoms with Crippen molar-refractivity contribution in [1.29, 1.82) is 0 Å². The van der Waals surface area contributed by atoms with Crippen molar-refractivity contribution in [3.8, 4) is 16.9 Å². The third kappa shape index (κ3) is 3.26. The molecule has 0 aromatic heterocycles. The van der Waals surface area contributed by atoms with E-state index >= 15 is 0 Å². The van der Waals surface area contributed by atoms with Crippen molar-refractivity contribution in [1.82, 2.24) is 0 Å². The predicted molar refractivity (Wildman–Crippen MR) is 94.9 cm³/mol. The van der Waals surface area contributed by atoms with E-state index in [9.17, 15) is 5.11 Å². The molecule has 3 aromatic rings. The Bertz CT molecular complexity index is 798. The monoisotopic (exact) mass is 351 g/mol. The topological polar surface area (TPSA) is 32.6 Å². The maximum Gasteiger partial charge on any atom is 0.132 e. The van der Waals surface area contributed by atoms with E-state index in [2.05, 4.69) is 20.9 Å². The molecule has 22 heavy (non-hydrogen) atoms. The average molecular weight is 352 g/mol. The number of para-hydroxylation sites is 1. The van der Waals surface area contributed by atoms with Gasteiger partial charge < -0.3 is 5.11 Å². The van der Waals surface area contributed by atoms with E-state index in [0.29, 0.717) is 5.56 Å². The number of halogens is 1. The van der Waals surface area contributed by atoms with Gasteiger partial charge in [0.2, 0.25) is 0 Å². The molecule has 0 aliphatic carbocycles. The third-order valence-corrected chi connectivity index (χ3v) is 3.76. The van der Waals surface area contributed by atoms with Gasteiger partial charge in [0.1, 0.15) is 5.75 Å². The summed E-state index contributed by atoms with van der Waals surface area (Å²) in [6.07, 6.45) is 1.68. The molecule has 1 N–H and O–H groups in total. The van der Waals surface area contributed by atoms with E-state index in [-0.39, 0.29) is 5.75 Å². The van der Waals surface area contributed by atoms with Gasteiger partial charge in [-0.3, -0.25) is 4.99 Å². The molecule has 0 aliphatic rings. The van der Waals surface area contributed by atoms with E-state index < -0.39 is 0 Å². The second-order valence-electron chi connectivity index (χ2n) is 4.85. The highest BCUT2D eigenvalue weighted by molar-refractivity contribution is 9.10. The fourth-order valence-corrected chi connectivity index (χ4v) is 2.69. The first-order valence-electron chi connectivity index (χ1n) is 6.91. The zero-order valence-corrected chi connectivity index (χ0v) is 13.4. The fourth-order valence-electron chi connectivity index (χ4n) is 2.21. The number of aliphatic imine (C=N–C) groups is 1. The zero-order chi connectivity index (χ0) is 15.4. The lowest BCUT2D eigenvalue weighted by atomic mass is 10.0. The maximum absolute atomic E-state index is 10.5. The molecule has 0 unspecified atom stereocenters. The first kappa shape index (κ1) is 14.5. The molecule has 3 rings (SSSR count). The lowest BCUT2D eigenvalue weighted by Crippen LogP contribution is -1.87. The van der Waals surface area contributed by atoms with E-state index in [1.807, 2.05) is 72.8 Å². The van der Waals surface area contributed by atoms with Gasteiger partial charge in [0.05, 0.1) is 5.69 Å². The first-order valence-corrected chi connectivity index (χ1v) is 7.70. The Labute approximate surface area is 137 Å². The molecule has 2 nitrogen and oxygen atoms in total. The summed E-state index contributed by atoms with van der Waals surface area (Å²) in [6, 6.07) is 23.2. The minimum Gasteiger partial charge on any atom is -0.507 e. The summed E-state index contributed by atoms with van der Waals surface area (Å²) < 4.78 is 0.902. The minimum atomic E-state index is 0.231. The second kappa shape index (κ2) is 6.58. The molecule has 3 heteroatoms. The van der Waals surface area contributed by atoms with Crippen molar-refractivity contribution in [3.05, 3.63) is 82.8 Å². The Morgan fingerprint density at radius 2 is 1.50 bits per heavy atom. The largest absolute Gasteiger partial charge is 0.507 e. The van der Waals surface area contributed by atoms with Crippen LogP contribution in [0.3, 0.4) is 0 Å². The van der Waals surface area contributed by atoms with Crippen molar-refractivity contribution in [2.24, 2.45) is 4.99 Å². The Kier molecular flexibility index (Phi) is 4.35. The van der Waals surface area contributed by atoms with Crippen LogP contribution in [0, 0.1) is 0 Å². The van der Waals surface area contributed by atoms with Crippen LogP contribution in [0.25, 0.3) is 11.1 Å².